The number of carbonyl (C=O) groups is 1. The van der Waals surface area contributed by atoms with Gasteiger partial charge in [0, 0.05) is 12.2 Å². The average molecular weight is 443 g/mol. The topological polar surface area (TPSA) is 85.4 Å². The molecule has 0 radical (unpaired) electrons. The number of thioether (sulfide) groups is 1. The first-order valence-electron chi connectivity index (χ1n) is 9.63. The van der Waals surface area contributed by atoms with Gasteiger partial charge in [0.05, 0.1) is 5.25 Å². The molecule has 2 N–H and O–H groups in total. The van der Waals surface area contributed by atoms with E-state index in [1.165, 1.54) is 28.7 Å². The zero-order chi connectivity index (χ0) is 20.9. The van der Waals surface area contributed by atoms with Crippen LogP contribution >= 0.6 is 23.1 Å². The Morgan fingerprint density at radius 3 is 2.70 bits per heavy atom. The Balaban J connectivity index is 1.28. The number of nitrogens with zero attached hydrogens (tertiary/aromatic N) is 2. The zero-order valence-electron chi connectivity index (χ0n) is 16.7. The predicted molar refractivity (Wildman–Crippen MR) is 119 cm³/mol. The molecule has 0 spiro atoms. The fourth-order valence-electron chi connectivity index (χ4n) is 2.84. The van der Waals surface area contributed by atoms with Crippen molar-refractivity contribution in [1.82, 2.24) is 15.5 Å². The molecule has 0 fully saturated rings. The fourth-order valence-corrected chi connectivity index (χ4v) is 4.78. The smallest absolute Gasteiger partial charge is 0.233 e. The Morgan fingerprint density at radius 2 is 1.90 bits per heavy atom. The van der Waals surface area contributed by atoms with E-state index >= 15 is 0 Å². The van der Waals surface area contributed by atoms with Gasteiger partial charge in [0.1, 0.15) is 0 Å². The van der Waals surface area contributed by atoms with Gasteiger partial charge in [-0.3, -0.25) is 4.79 Å². The van der Waals surface area contributed by atoms with E-state index in [0.717, 1.165) is 27.8 Å². The zero-order valence-corrected chi connectivity index (χ0v) is 18.3. The summed E-state index contributed by atoms with van der Waals surface area (Å²) in [5.74, 6) is 1.39. The number of amides is 1. The van der Waals surface area contributed by atoms with Gasteiger partial charge in [0.25, 0.3) is 0 Å². The maximum atomic E-state index is 12.5. The molecule has 9 heteroatoms. The molecule has 1 aliphatic rings. The molecule has 2 aromatic carbocycles. The van der Waals surface area contributed by atoms with Crippen LogP contribution in [-0.2, 0) is 17.8 Å². The van der Waals surface area contributed by atoms with E-state index in [1.54, 1.807) is 0 Å². The van der Waals surface area contributed by atoms with Crippen molar-refractivity contribution in [3.05, 3.63) is 53.6 Å². The van der Waals surface area contributed by atoms with Crippen molar-refractivity contribution in [2.24, 2.45) is 0 Å². The second-order valence-electron chi connectivity index (χ2n) is 6.71. The second kappa shape index (κ2) is 9.36. The summed E-state index contributed by atoms with van der Waals surface area (Å²) in [4.78, 5) is 12.5. The van der Waals surface area contributed by atoms with Gasteiger partial charge in [0.2, 0.25) is 17.8 Å². The van der Waals surface area contributed by atoms with Crippen LogP contribution in [0.15, 0.2) is 46.8 Å². The van der Waals surface area contributed by atoms with Gasteiger partial charge in [-0.05, 0) is 48.7 Å². The van der Waals surface area contributed by atoms with Crippen molar-refractivity contribution in [2.45, 2.75) is 36.4 Å². The maximum absolute atomic E-state index is 12.5. The number of nitrogens with one attached hydrogen (secondary N) is 2. The highest BCUT2D eigenvalue weighted by Crippen LogP contribution is 2.33. The number of carbonyl (C=O) groups excluding carboxylic acids is 1. The number of anilines is 2. The average Bonchev–Trinajstić information content (AvgIpc) is 3.41. The molecular formula is C21H22N4O3S2. The van der Waals surface area contributed by atoms with Crippen LogP contribution in [0.2, 0.25) is 0 Å². The van der Waals surface area contributed by atoms with Crippen LogP contribution < -0.4 is 20.1 Å². The molecular weight excluding hydrogens is 420 g/mol. The van der Waals surface area contributed by atoms with E-state index in [1.807, 2.05) is 37.3 Å². The minimum Gasteiger partial charge on any atom is -0.454 e. The Hall–Kier alpha value is -2.78. The van der Waals surface area contributed by atoms with Gasteiger partial charge >= 0.3 is 0 Å². The first kappa shape index (κ1) is 20.5. The lowest BCUT2D eigenvalue weighted by molar-refractivity contribution is -0.120. The number of hydrogen-bond acceptors (Lipinski definition) is 8. The molecule has 1 atom stereocenters. The number of aryl methyl sites for hydroxylation is 1. The van der Waals surface area contributed by atoms with Crippen molar-refractivity contribution >= 4 is 39.8 Å². The van der Waals surface area contributed by atoms with E-state index in [9.17, 15) is 4.79 Å². The van der Waals surface area contributed by atoms with Crippen LogP contribution in [0, 0.1) is 0 Å². The van der Waals surface area contributed by atoms with E-state index in [0.29, 0.717) is 17.4 Å². The minimum absolute atomic E-state index is 0.0578. The molecule has 0 aliphatic carbocycles. The predicted octanol–water partition coefficient (Wildman–Crippen LogP) is 4.37. The molecule has 0 saturated heterocycles. The van der Waals surface area contributed by atoms with Crippen LogP contribution in [0.4, 0.5) is 10.8 Å². The monoisotopic (exact) mass is 442 g/mol. The van der Waals surface area contributed by atoms with Gasteiger partial charge in [0.15, 0.2) is 15.8 Å². The van der Waals surface area contributed by atoms with E-state index in [2.05, 4.69) is 39.9 Å². The highest BCUT2D eigenvalue weighted by Gasteiger charge is 2.18. The van der Waals surface area contributed by atoms with Gasteiger partial charge in [-0.15, -0.1) is 10.2 Å². The minimum atomic E-state index is -0.288. The van der Waals surface area contributed by atoms with Crippen molar-refractivity contribution in [1.29, 1.82) is 0 Å². The van der Waals surface area contributed by atoms with Crippen molar-refractivity contribution < 1.29 is 14.3 Å². The first-order chi connectivity index (χ1) is 14.6. The van der Waals surface area contributed by atoms with Crippen molar-refractivity contribution in [2.75, 3.05) is 12.1 Å². The van der Waals surface area contributed by atoms with Crippen molar-refractivity contribution in [3.63, 3.8) is 0 Å². The number of fused-ring (bicyclic) bond motifs is 1. The van der Waals surface area contributed by atoms with E-state index in [-0.39, 0.29) is 18.0 Å². The number of rotatable bonds is 8. The lowest BCUT2D eigenvalue weighted by atomic mass is 10.1. The maximum Gasteiger partial charge on any atom is 0.233 e. The standard InChI is InChI=1S/C21H22N4O3S2/c1-3-14-4-7-16(8-5-14)23-20-24-25-21(30-20)29-13(2)19(26)22-11-15-6-9-17-18(10-15)28-12-27-17/h4-10,13H,3,11-12H2,1-2H3,(H,22,26)(H,23,24). The Kier molecular flexibility index (Phi) is 6.39. The number of ether oxygens (including phenoxy) is 2. The van der Waals surface area contributed by atoms with Crippen LogP contribution in [0.25, 0.3) is 0 Å². The number of aromatic nitrogens is 2. The third-order valence-corrected chi connectivity index (χ3v) is 6.59. The highest BCUT2D eigenvalue weighted by atomic mass is 32.2. The third kappa shape index (κ3) is 5.03. The van der Waals surface area contributed by atoms with Crippen LogP contribution in [0.1, 0.15) is 25.0 Å². The fraction of sp³-hybridized carbons (Fsp3) is 0.286. The largest absolute Gasteiger partial charge is 0.454 e. The lowest BCUT2D eigenvalue weighted by Crippen LogP contribution is -2.30. The second-order valence-corrected chi connectivity index (χ2v) is 9.28. The SMILES string of the molecule is CCc1ccc(Nc2nnc(SC(C)C(=O)NCc3ccc4c(c3)OCO4)s2)cc1. The quantitative estimate of drug-likeness (QED) is 0.501. The van der Waals surface area contributed by atoms with Crippen LogP contribution in [0.5, 0.6) is 11.5 Å². The summed E-state index contributed by atoms with van der Waals surface area (Å²) >= 11 is 2.82. The molecule has 3 aromatic rings. The normalized spacial score (nSPS) is 13.1. The molecule has 0 bridgehead atoms. The van der Waals surface area contributed by atoms with Gasteiger partial charge in [-0.25, -0.2) is 0 Å². The van der Waals surface area contributed by atoms with E-state index in [4.69, 9.17) is 9.47 Å². The highest BCUT2D eigenvalue weighted by molar-refractivity contribution is 8.02. The number of hydrogen-bond donors (Lipinski definition) is 2. The molecule has 4 rings (SSSR count). The summed E-state index contributed by atoms with van der Waals surface area (Å²) in [6.07, 6.45) is 1.01. The Morgan fingerprint density at radius 1 is 1.13 bits per heavy atom. The third-order valence-electron chi connectivity index (χ3n) is 4.57. The molecule has 1 amide bonds. The summed E-state index contributed by atoms with van der Waals surface area (Å²) in [7, 11) is 0. The van der Waals surface area contributed by atoms with Crippen LogP contribution in [-0.4, -0.2) is 28.1 Å². The molecule has 2 heterocycles. The molecule has 0 saturated carbocycles. The Labute approximate surface area is 183 Å². The summed E-state index contributed by atoms with van der Waals surface area (Å²) in [5.41, 5.74) is 3.21. The van der Waals surface area contributed by atoms with Gasteiger partial charge in [-0.1, -0.05) is 48.2 Å². The molecule has 1 aliphatic heterocycles. The molecule has 1 unspecified atom stereocenters. The molecule has 30 heavy (non-hydrogen) atoms. The van der Waals surface area contributed by atoms with Gasteiger partial charge in [-0.2, -0.15) is 0 Å². The van der Waals surface area contributed by atoms with Crippen molar-refractivity contribution in [3.8, 4) is 11.5 Å². The summed E-state index contributed by atoms with van der Waals surface area (Å²) in [6.45, 7) is 4.65. The molecule has 1 aromatic heterocycles. The summed E-state index contributed by atoms with van der Waals surface area (Å²) in [6, 6.07) is 13.9. The Bertz CT molecular complexity index is 1020. The van der Waals surface area contributed by atoms with E-state index < -0.39 is 0 Å². The molecule has 156 valence electrons. The molecule has 7 nitrogen and oxygen atoms in total. The summed E-state index contributed by atoms with van der Waals surface area (Å²) < 4.78 is 11.4. The summed E-state index contributed by atoms with van der Waals surface area (Å²) in [5, 5.41) is 15.0. The first-order valence-corrected chi connectivity index (χ1v) is 11.3. The van der Waals surface area contributed by atoms with Crippen LogP contribution in [0.3, 0.4) is 0 Å². The number of benzene rings is 2. The lowest BCUT2D eigenvalue weighted by Gasteiger charge is -2.10. The van der Waals surface area contributed by atoms with Gasteiger partial charge < -0.3 is 20.1 Å².